The molecule has 5 aromatic carbocycles. The summed E-state index contributed by atoms with van der Waals surface area (Å²) in [5.74, 6) is 0.867. The van der Waals surface area contributed by atoms with Gasteiger partial charge in [0.05, 0.1) is 16.1 Å². The Balaban J connectivity index is 0.00000435. The molecule has 0 spiro atoms. The second kappa shape index (κ2) is 17.2. The van der Waals surface area contributed by atoms with Crippen LogP contribution < -0.4 is 38.3 Å². The van der Waals surface area contributed by atoms with Crippen LogP contribution >= 0.6 is 11.8 Å². The van der Waals surface area contributed by atoms with Crippen LogP contribution in [-0.2, 0) is 7.05 Å². The predicted octanol–water partition coefficient (Wildman–Crippen LogP) is 8.34. The number of likely N-dealkylation sites (tertiary alicyclic amines) is 1. The fourth-order valence-corrected chi connectivity index (χ4v) is 8.68. The Bertz CT molecular complexity index is 2150. The van der Waals surface area contributed by atoms with E-state index in [1.807, 2.05) is 11.8 Å². The predicted molar refractivity (Wildman–Crippen MR) is 222 cm³/mol. The topological polar surface area (TPSA) is 13.6 Å². The van der Waals surface area contributed by atoms with Crippen molar-refractivity contribution in [1.29, 1.82) is 0 Å². The standard InChI is InChI=1S/C47H47N4S.HI/c1-36-28-32-49(33-29-36)30-13-31-50-45-20-11-12-21-46(45)52-47(50)35-38-34-42(48(2)44-19-10-9-18-43(38)44)27-24-37-22-25-41(26-23-37)51(39-14-5-3-6-15-39)40-16-7-4-8-17-40;/h3-12,14-27,34-36H,13,28-33H2,1-2H3;1H/q+1;/p-1. The third-order valence-corrected chi connectivity index (χ3v) is 11.7. The van der Waals surface area contributed by atoms with E-state index in [0.29, 0.717) is 0 Å². The second-order valence-corrected chi connectivity index (χ2v) is 15.2. The van der Waals surface area contributed by atoms with Crippen molar-refractivity contribution in [1.82, 2.24) is 4.90 Å². The minimum absolute atomic E-state index is 0. The Hall–Kier alpha value is -4.37. The quantitative estimate of drug-likeness (QED) is 0.102. The van der Waals surface area contributed by atoms with Gasteiger partial charge >= 0.3 is 0 Å². The van der Waals surface area contributed by atoms with Gasteiger partial charge in [0.15, 0.2) is 0 Å². The zero-order valence-electron chi connectivity index (χ0n) is 30.6. The summed E-state index contributed by atoms with van der Waals surface area (Å²) >= 11 is 1.90. The van der Waals surface area contributed by atoms with Gasteiger partial charge in [-0.2, -0.15) is 4.57 Å². The van der Waals surface area contributed by atoms with Gasteiger partial charge in [0.1, 0.15) is 7.05 Å². The molecule has 0 saturated carbocycles. The zero-order chi connectivity index (χ0) is 35.3. The lowest BCUT2D eigenvalue weighted by molar-refractivity contribution is -0.646. The molecule has 1 saturated heterocycles. The van der Waals surface area contributed by atoms with Gasteiger partial charge in [-0.3, -0.25) is 0 Å². The van der Waals surface area contributed by atoms with Crippen molar-refractivity contribution in [3.63, 3.8) is 0 Å². The first-order valence-electron chi connectivity index (χ1n) is 18.7. The molecule has 0 amide bonds. The first kappa shape index (κ1) is 37.0. The number of hydrogen-bond donors (Lipinski definition) is 0. The average molecular weight is 827 g/mol. The first-order valence-corrected chi connectivity index (χ1v) is 19.5. The Morgan fingerprint density at radius 2 is 1.34 bits per heavy atom. The Labute approximate surface area is 336 Å². The smallest absolute Gasteiger partial charge is 0.213 e. The summed E-state index contributed by atoms with van der Waals surface area (Å²) in [6.07, 6.45) is 10.7. The lowest BCUT2D eigenvalue weighted by Gasteiger charge is -2.31. The van der Waals surface area contributed by atoms with E-state index in [-0.39, 0.29) is 24.0 Å². The van der Waals surface area contributed by atoms with Crippen LogP contribution in [0.1, 0.15) is 43.0 Å². The maximum absolute atomic E-state index is 2.66. The van der Waals surface area contributed by atoms with Crippen molar-refractivity contribution in [2.24, 2.45) is 13.0 Å². The number of anilines is 4. The van der Waals surface area contributed by atoms with Crippen LogP contribution in [0.15, 0.2) is 149 Å². The SMILES string of the molecule is CC1CCN(CCCN2/C(=C/c3cc(/C=C/c4ccc(N(c5ccccc5)c5ccccc5)cc4)[n+](C)c4ccccc34)Sc3ccccc32)CC1.[I-]. The molecule has 6 aromatic rings. The molecule has 8 rings (SSSR count). The molecule has 2 aliphatic heterocycles. The molecule has 3 heterocycles. The molecule has 4 nitrogen and oxygen atoms in total. The third-order valence-electron chi connectivity index (χ3n) is 10.5. The number of nitrogens with zero attached hydrogens (tertiary/aromatic N) is 4. The lowest BCUT2D eigenvalue weighted by atomic mass is 9.99. The highest BCUT2D eigenvalue weighted by Gasteiger charge is 2.26. The molecule has 1 aromatic heterocycles. The van der Waals surface area contributed by atoms with Crippen LogP contribution in [-0.4, -0.2) is 31.1 Å². The summed E-state index contributed by atoms with van der Waals surface area (Å²) in [7, 11) is 2.17. The average Bonchev–Trinajstić information content (AvgIpc) is 3.54. The highest BCUT2D eigenvalue weighted by atomic mass is 127. The van der Waals surface area contributed by atoms with Crippen LogP contribution in [0.2, 0.25) is 0 Å². The van der Waals surface area contributed by atoms with Crippen molar-refractivity contribution in [2.45, 2.75) is 31.1 Å². The number of fused-ring (bicyclic) bond motifs is 2. The number of aryl methyl sites for hydroxylation is 1. The van der Waals surface area contributed by atoms with Crippen molar-refractivity contribution in [2.75, 3.05) is 36.0 Å². The minimum atomic E-state index is 0. The van der Waals surface area contributed by atoms with Gasteiger partial charge in [0, 0.05) is 46.7 Å². The Morgan fingerprint density at radius 3 is 2.06 bits per heavy atom. The maximum atomic E-state index is 2.66. The van der Waals surface area contributed by atoms with E-state index in [0.717, 1.165) is 47.2 Å². The van der Waals surface area contributed by atoms with Crippen molar-refractivity contribution in [3.8, 4) is 0 Å². The highest BCUT2D eigenvalue weighted by molar-refractivity contribution is 8.03. The van der Waals surface area contributed by atoms with Crippen molar-refractivity contribution in [3.05, 3.63) is 161 Å². The number of piperidine rings is 1. The Morgan fingerprint density at radius 1 is 0.717 bits per heavy atom. The summed E-state index contributed by atoms with van der Waals surface area (Å²) in [6.45, 7) is 7.06. The maximum Gasteiger partial charge on any atom is 0.213 e. The summed E-state index contributed by atoms with van der Waals surface area (Å²) < 4.78 is 2.31. The highest BCUT2D eigenvalue weighted by Crippen LogP contribution is 2.47. The summed E-state index contributed by atoms with van der Waals surface area (Å²) in [6, 6.07) is 50.0. The van der Waals surface area contributed by atoms with Gasteiger partial charge in [-0.25, -0.2) is 0 Å². The van der Waals surface area contributed by atoms with E-state index in [9.17, 15) is 0 Å². The van der Waals surface area contributed by atoms with Gasteiger partial charge < -0.3 is 38.7 Å². The van der Waals surface area contributed by atoms with Gasteiger partial charge in [-0.1, -0.05) is 91.5 Å². The van der Waals surface area contributed by atoms with Crippen LogP contribution in [0.4, 0.5) is 22.7 Å². The van der Waals surface area contributed by atoms with Gasteiger partial charge in [0.2, 0.25) is 11.2 Å². The van der Waals surface area contributed by atoms with Gasteiger partial charge in [-0.15, -0.1) is 0 Å². The number of thioether (sulfide) groups is 1. The fraction of sp³-hybridized carbons (Fsp3) is 0.213. The molecule has 0 radical (unpaired) electrons. The van der Waals surface area contributed by atoms with Crippen molar-refractivity contribution >= 4 is 63.6 Å². The molecule has 6 heteroatoms. The molecule has 53 heavy (non-hydrogen) atoms. The number of benzene rings is 5. The van der Waals surface area contributed by atoms with Gasteiger partial charge in [-0.05, 0) is 123 Å². The van der Waals surface area contributed by atoms with E-state index >= 15 is 0 Å². The number of aromatic nitrogens is 1. The molecular weight excluding hydrogens is 780 g/mol. The largest absolute Gasteiger partial charge is 1.00 e. The molecule has 268 valence electrons. The number of para-hydroxylation sites is 4. The third kappa shape index (κ3) is 8.40. The lowest BCUT2D eigenvalue weighted by Crippen LogP contribution is -3.00. The molecule has 0 bridgehead atoms. The molecule has 0 aliphatic carbocycles. The van der Waals surface area contributed by atoms with E-state index in [1.54, 1.807) is 0 Å². The molecule has 2 aliphatic rings. The molecule has 0 unspecified atom stereocenters. The summed E-state index contributed by atoms with van der Waals surface area (Å²) in [4.78, 5) is 8.86. The van der Waals surface area contributed by atoms with E-state index < -0.39 is 0 Å². The molecule has 0 N–H and O–H groups in total. The zero-order valence-corrected chi connectivity index (χ0v) is 33.6. The fourth-order valence-electron chi connectivity index (χ4n) is 7.54. The van der Waals surface area contributed by atoms with Crippen LogP contribution in [0.25, 0.3) is 29.1 Å². The van der Waals surface area contributed by atoms with E-state index in [2.05, 4.69) is 191 Å². The van der Waals surface area contributed by atoms with Crippen LogP contribution in [0.3, 0.4) is 0 Å². The number of halogens is 1. The van der Waals surface area contributed by atoms with Crippen LogP contribution in [0.5, 0.6) is 0 Å². The summed E-state index contributed by atoms with van der Waals surface area (Å²) in [5, 5.41) is 2.57. The van der Waals surface area contributed by atoms with Crippen LogP contribution in [0, 0.1) is 5.92 Å². The number of rotatable bonds is 10. The second-order valence-electron chi connectivity index (χ2n) is 14.1. The van der Waals surface area contributed by atoms with Crippen molar-refractivity contribution < 1.29 is 28.5 Å². The Kier molecular flexibility index (Phi) is 12.0. The monoisotopic (exact) mass is 826 g/mol. The number of hydrogen-bond acceptors (Lipinski definition) is 4. The molecule has 1 fully saturated rings. The first-order chi connectivity index (χ1) is 25.6. The normalized spacial score (nSPS) is 15.6. The number of pyridine rings is 1. The van der Waals surface area contributed by atoms with E-state index in [1.165, 1.54) is 64.6 Å². The van der Waals surface area contributed by atoms with Gasteiger partial charge in [0.25, 0.3) is 0 Å². The van der Waals surface area contributed by atoms with E-state index in [4.69, 9.17) is 0 Å². The molecule has 0 atom stereocenters. The minimum Gasteiger partial charge on any atom is -1.00 e. The summed E-state index contributed by atoms with van der Waals surface area (Å²) in [5.41, 5.74) is 9.53. The molecular formula is C47H47IN4S.